The average molecular weight is 196 g/mol. The fourth-order valence-electron chi connectivity index (χ4n) is 2.08. The Morgan fingerprint density at radius 2 is 1.87 bits per heavy atom. The summed E-state index contributed by atoms with van der Waals surface area (Å²) in [4.78, 5) is 0. The molecule has 74 valence electrons. The van der Waals surface area contributed by atoms with Gasteiger partial charge in [-0.1, -0.05) is 30.3 Å². The first-order chi connectivity index (χ1) is 7.33. The lowest BCUT2D eigenvalue weighted by atomic mass is 10.0. The van der Waals surface area contributed by atoms with Gasteiger partial charge in [-0.3, -0.25) is 0 Å². The number of rotatable bonds is 2. The van der Waals surface area contributed by atoms with E-state index in [0.717, 1.165) is 17.6 Å². The van der Waals surface area contributed by atoms with E-state index in [1.807, 2.05) is 6.07 Å². The molecule has 0 unspecified atom stereocenters. The molecule has 0 aliphatic heterocycles. The van der Waals surface area contributed by atoms with E-state index < -0.39 is 0 Å². The highest BCUT2D eigenvalue weighted by atomic mass is 16.3. The zero-order valence-corrected chi connectivity index (χ0v) is 8.66. The average Bonchev–Trinajstić information content (AvgIpc) is 2.77. The van der Waals surface area contributed by atoms with Gasteiger partial charge in [0.1, 0.15) is 11.2 Å². The van der Waals surface area contributed by atoms with Crippen LogP contribution in [0.2, 0.25) is 0 Å². The SMILES string of the molecule is Cc1cc2cc(Cc3ccccc3)c1o2. The molecule has 0 aliphatic carbocycles. The minimum atomic E-state index is 0.963. The van der Waals surface area contributed by atoms with Gasteiger partial charge in [0.05, 0.1) is 0 Å². The van der Waals surface area contributed by atoms with Crippen molar-refractivity contribution in [3.05, 3.63) is 59.2 Å². The highest BCUT2D eigenvalue weighted by Crippen LogP contribution is 2.28. The highest BCUT2D eigenvalue weighted by molar-refractivity contribution is 5.71. The van der Waals surface area contributed by atoms with E-state index in [9.17, 15) is 0 Å². The second kappa shape index (κ2) is 3.13. The van der Waals surface area contributed by atoms with Gasteiger partial charge in [0.15, 0.2) is 0 Å². The third-order valence-electron chi connectivity index (χ3n) is 2.78. The van der Waals surface area contributed by atoms with Crippen molar-refractivity contribution in [2.75, 3.05) is 0 Å². The Morgan fingerprint density at radius 3 is 2.53 bits per heavy atom. The van der Waals surface area contributed by atoms with E-state index in [-0.39, 0.29) is 0 Å². The molecule has 2 aromatic heterocycles. The normalized spacial score (nSPS) is 11.3. The Hall–Kier alpha value is -1.76. The van der Waals surface area contributed by atoms with Crippen LogP contribution < -0.4 is 0 Å². The van der Waals surface area contributed by atoms with Gasteiger partial charge >= 0.3 is 0 Å². The van der Waals surface area contributed by atoms with Crippen molar-refractivity contribution in [3.63, 3.8) is 0 Å². The molecule has 0 fully saturated rings. The molecule has 3 rings (SSSR count). The van der Waals surface area contributed by atoms with E-state index >= 15 is 0 Å². The van der Waals surface area contributed by atoms with Crippen molar-refractivity contribution in [2.45, 2.75) is 13.3 Å². The quantitative estimate of drug-likeness (QED) is 0.608. The molecule has 0 aliphatic rings. The zero-order valence-electron chi connectivity index (χ0n) is 8.66. The van der Waals surface area contributed by atoms with E-state index in [0.29, 0.717) is 0 Å². The predicted octanol–water partition coefficient (Wildman–Crippen LogP) is 3.77. The summed E-state index contributed by atoms with van der Waals surface area (Å²) in [5, 5.41) is 0. The summed E-state index contributed by atoms with van der Waals surface area (Å²) in [5.74, 6) is 0. The molecular formula is C14H12O. The number of fused-ring (bicyclic) bond motifs is 2. The number of benzene rings is 2. The Labute approximate surface area is 88.7 Å². The van der Waals surface area contributed by atoms with Gasteiger partial charge < -0.3 is 4.42 Å². The maximum Gasteiger partial charge on any atom is 0.134 e. The molecule has 1 heteroatoms. The van der Waals surface area contributed by atoms with Crippen LogP contribution in [0.5, 0.6) is 0 Å². The molecule has 0 atom stereocenters. The van der Waals surface area contributed by atoms with Gasteiger partial charge in [0.25, 0.3) is 0 Å². The number of hydrogen-bond acceptors (Lipinski definition) is 1. The molecule has 3 aromatic rings. The number of furan rings is 2. The van der Waals surface area contributed by atoms with E-state index in [1.165, 1.54) is 16.7 Å². The summed E-state index contributed by atoms with van der Waals surface area (Å²) in [6.45, 7) is 2.10. The van der Waals surface area contributed by atoms with Crippen LogP contribution in [0.1, 0.15) is 16.7 Å². The highest BCUT2D eigenvalue weighted by Gasteiger charge is 2.10. The predicted molar refractivity (Wildman–Crippen MR) is 61.4 cm³/mol. The standard InChI is InChI=1S/C14H12O/c1-10-7-13-9-12(14(10)15-13)8-11-5-3-2-4-6-11/h2-7,9H,8H2,1H3. The van der Waals surface area contributed by atoms with Crippen LogP contribution in [-0.4, -0.2) is 0 Å². The Balaban J connectivity index is 1.98. The van der Waals surface area contributed by atoms with Crippen LogP contribution in [-0.2, 0) is 6.42 Å². The van der Waals surface area contributed by atoms with Crippen LogP contribution >= 0.6 is 0 Å². The van der Waals surface area contributed by atoms with E-state index in [4.69, 9.17) is 4.42 Å². The monoisotopic (exact) mass is 196 g/mol. The molecular weight excluding hydrogens is 184 g/mol. The topological polar surface area (TPSA) is 13.1 Å². The molecule has 1 nitrogen and oxygen atoms in total. The van der Waals surface area contributed by atoms with Gasteiger partial charge in [-0.2, -0.15) is 0 Å². The number of hydrogen-bond donors (Lipinski definition) is 0. The molecule has 0 amide bonds. The maximum atomic E-state index is 5.62. The minimum absolute atomic E-state index is 0.963. The fourth-order valence-corrected chi connectivity index (χ4v) is 2.08. The van der Waals surface area contributed by atoms with Gasteiger partial charge in [0, 0.05) is 12.0 Å². The third-order valence-corrected chi connectivity index (χ3v) is 2.78. The lowest BCUT2D eigenvalue weighted by Crippen LogP contribution is -1.86. The molecule has 15 heavy (non-hydrogen) atoms. The first kappa shape index (κ1) is 8.54. The summed E-state index contributed by atoms with van der Waals surface area (Å²) in [6, 6.07) is 14.7. The molecule has 0 saturated heterocycles. The van der Waals surface area contributed by atoms with E-state index in [1.54, 1.807) is 0 Å². The lowest BCUT2D eigenvalue weighted by molar-refractivity contribution is 0.671. The molecule has 2 heterocycles. The maximum absolute atomic E-state index is 5.62. The molecule has 1 aromatic carbocycles. The van der Waals surface area contributed by atoms with Crippen molar-refractivity contribution in [1.29, 1.82) is 0 Å². The smallest absolute Gasteiger partial charge is 0.134 e. The van der Waals surface area contributed by atoms with Gasteiger partial charge in [-0.05, 0) is 30.2 Å². The van der Waals surface area contributed by atoms with Crippen molar-refractivity contribution < 1.29 is 4.42 Å². The van der Waals surface area contributed by atoms with Crippen LogP contribution in [0.4, 0.5) is 0 Å². The summed E-state index contributed by atoms with van der Waals surface area (Å²) < 4.78 is 5.62. The van der Waals surface area contributed by atoms with Crippen molar-refractivity contribution >= 4 is 11.2 Å². The largest absolute Gasteiger partial charge is 0.457 e. The summed E-state index contributed by atoms with van der Waals surface area (Å²) in [5.41, 5.74) is 5.94. The second-order valence-corrected chi connectivity index (χ2v) is 3.99. The molecule has 0 spiro atoms. The zero-order chi connectivity index (χ0) is 10.3. The van der Waals surface area contributed by atoms with Crippen molar-refractivity contribution in [1.82, 2.24) is 0 Å². The molecule has 2 bridgehead atoms. The summed E-state index contributed by atoms with van der Waals surface area (Å²) >= 11 is 0. The summed E-state index contributed by atoms with van der Waals surface area (Å²) in [7, 11) is 0. The van der Waals surface area contributed by atoms with E-state index in [2.05, 4.69) is 43.3 Å². The van der Waals surface area contributed by atoms with Crippen LogP contribution in [0.3, 0.4) is 0 Å². The van der Waals surface area contributed by atoms with Gasteiger partial charge in [0.2, 0.25) is 0 Å². The van der Waals surface area contributed by atoms with Crippen LogP contribution in [0.15, 0.2) is 46.9 Å². The summed E-state index contributed by atoms with van der Waals surface area (Å²) in [6.07, 6.45) is 0.963. The minimum Gasteiger partial charge on any atom is -0.457 e. The van der Waals surface area contributed by atoms with Crippen molar-refractivity contribution in [2.24, 2.45) is 0 Å². The Bertz CT molecular complexity index is 563. The molecule has 0 saturated carbocycles. The number of aryl methyl sites for hydroxylation is 1. The van der Waals surface area contributed by atoms with Crippen LogP contribution in [0, 0.1) is 6.92 Å². The second-order valence-electron chi connectivity index (χ2n) is 3.99. The van der Waals surface area contributed by atoms with Gasteiger partial charge in [-0.15, -0.1) is 0 Å². The Morgan fingerprint density at radius 1 is 1.07 bits per heavy atom. The van der Waals surface area contributed by atoms with Crippen molar-refractivity contribution in [3.8, 4) is 0 Å². The third kappa shape index (κ3) is 1.40. The Kier molecular flexibility index (Phi) is 1.78. The first-order valence-corrected chi connectivity index (χ1v) is 5.18. The first-order valence-electron chi connectivity index (χ1n) is 5.18. The van der Waals surface area contributed by atoms with Gasteiger partial charge in [-0.25, -0.2) is 0 Å². The van der Waals surface area contributed by atoms with Crippen LogP contribution in [0.25, 0.3) is 11.2 Å². The fraction of sp³-hybridized carbons (Fsp3) is 0.143. The lowest BCUT2D eigenvalue weighted by Gasteiger charge is -1.99. The molecule has 0 radical (unpaired) electrons. The molecule has 0 N–H and O–H groups in total.